The minimum Gasteiger partial charge on any atom is -0.306 e. The average molecular weight is 244 g/mol. The Kier molecular flexibility index (Phi) is 2.48. The quantitative estimate of drug-likeness (QED) is 0.661. The molecule has 0 atom stereocenters. The van der Waals surface area contributed by atoms with Crippen molar-refractivity contribution < 1.29 is 0 Å². The minimum atomic E-state index is 0.450. The fourth-order valence-corrected chi connectivity index (χ4v) is 2.14. The van der Waals surface area contributed by atoms with E-state index in [0.717, 1.165) is 10.9 Å². The zero-order chi connectivity index (χ0) is 13.2. The molecule has 4 nitrogen and oxygen atoms in total. The Morgan fingerprint density at radius 2 is 1.84 bits per heavy atom. The van der Waals surface area contributed by atoms with E-state index < -0.39 is 0 Å². The summed E-state index contributed by atoms with van der Waals surface area (Å²) in [4.78, 5) is 4.26. The van der Waals surface area contributed by atoms with Crippen molar-refractivity contribution >= 4 is 10.9 Å². The van der Waals surface area contributed by atoms with Gasteiger partial charge in [-0.05, 0) is 18.2 Å². The lowest BCUT2D eigenvalue weighted by molar-refractivity contribution is 1.05. The van der Waals surface area contributed by atoms with Gasteiger partial charge in [0.25, 0.3) is 0 Å². The van der Waals surface area contributed by atoms with Crippen LogP contribution in [0.25, 0.3) is 16.6 Å². The van der Waals surface area contributed by atoms with Crippen LogP contribution in [0.5, 0.6) is 0 Å². The van der Waals surface area contributed by atoms with Crippen LogP contribution in [-0.2, 0) is 0 Å². The van der Waals surface area contributed by atoms with Crippen LogP contribution in [0.4, 0.5) is 0 Å². The van der Waals surface area contributed by atoms with Crippen molar-refractivity contribution in [2.45, 2.75) is 0 Å². The number of aromatic nitrogens is 2. The molecule has 0 N–H and O–H groups in total. The monoisotopic (exact) mass is 244 g/mol. The summed E-state index contributed by atoms with van der Waals surface area (Å²) in [7, 11) is 0. The van der Waals surface area contributed by atoms with Crippen LogP contribution >= 0.6 is 0 Å². The zero-order valence-corrected chi connectivity index (χ0v) is 9.91. The molecule has 0 aliphatic rings. The van der Waals surface area contributed by atoms with Gasteiger partial charge in [0.05, 0.1) is 16.8 Å². The lowest BCUT2D eigenvalue weighted by atomic mass is 10.1. The summed E-state index contributed by atoms with van der Waals surface area (Å²) in [6, 6.07) is 15.3. The highest BCUT2D eigenvalue weighted by Crippen LogP contribution is 2.25. The molecule has 4 heteroatoms. The second-order valence-electron chi connectivity index (χ2n) is 4.02. The maximum absolute atomic E-state index is 9.25. The number of benzene rings is 1. The van der Waals surface area contributed by atoms with Crippen molar-refractivity contribution in [3.05, 3.63) is 60.0 Å². The molecular weight excluding hydrogens is 236 g/mol. The molecule has 88 valence electrons. The van der Waals surface area contributed by atoms with Gasteiger partial charge in [0.2, 0.25) is 0 Å². The highest BCUT2D eigenvalue weighted by Gasteiger charge is 2.12. The van der Waals surface area contributed by atoms with Crippen molar-refractivity contribution in [3.8, 4) is 17.8 Å². The second kappa shape index (κ2) is 4.29. The van der Waals surface area contributed by atoms with Crippen molar-refractivity contribution in [2.24, 2.45) is 0 Å². The molecule has 0 saturated carbocycles. The summed E-state index contributed by atoms with van der Waals surface area (Å²) in [5, 5.41) is 19.2. The Hall–Kier alpha value is -3.11. The SMILES string of the molecule is N#Cc1cnc2ccccc2c1-n1cccc1C#N. The van der Waals surface area contributed by atoms with Gasteiger partial charge in [-0.1, -0.05) is 18.2 Å². The first-order chi connectivity index (χ1) is 9.35. The summed E-state index contributed by atoms with van der Waals surface area (Å²) in [5.41, 5.74) is 2.45. The highest BCUT2D eigenvalue weighted by atomic mass is 15.0. The van der Waals surface area contributed by atoms with Gasteiger partial charge >= 0.3 is 0 Å². The molecule has 0 unspecified atom stereocenters. The molecular formula is C15H8N4. The lowest BCUT2D eigenvalue weighted by Gasteiger charge is -2.10. The van der Waals surface area contributed by atoms with Gasteiger partial charge in [-0.3, -0.25) is 4.98 Å². The van der Waals surface area contributed by atoms with Crippen molar-refractivity contribution in [2.75, 3.05) is 0 Å². The number of rotatable bonds is 1. The van der Waals surface area contributed by atoms with Crippen LogP contribution in [0, 0.1) is 22.7 Å². The van der Waals surface area contributed by atoms with Gasteiger partial charge in [-0.2, -0.15) is 10.5 Å². The molecule has 3 rings (SSSR count). The van der Waals surface area contributed by atoms with Gasteiger partial charge in [0, 0.05) is 17.8 Å². The molecule has 1 aromatic carbocycles. The molecule has 3 aromatic rings. The third-order valence-corrected chi connectivity index (χ3v) is 2.97. The highest BCUT2D eigenvalue weighted by molar-refractivity contribution is 5.89. The van der Waals surface area contributed by atoms with Gasteiger partial charge < -0.3 is 4.57 Å². The molecule has 0 bridgehead atoms. The number of nitriles is 2. The predicted molar refractivity (Wildman–Crippen MR) is 70.5 cm³/mol. The Balaban J connectivity index is 2.46. The zero-order valence-electron chi connectivity index (χ0n) is 9.91. The average Bonchev–Trinajstić information content (AvgIpc) is 2.94. The normalized spacial score (nSPS) is 10.0. The smallest absolute Gasteiger partial charge is 0.124 e. The summed E-state index contributed by atoms with van der Waals surface area (Å²) in [5.74, 6) is 0. The van der Waals surface area contributed by atoms with Crippen LogP contribution in [0.2, 0.25) is 0 Å². The summed E-state index contributed by atoms with van der Waals surface area (Å²) in [6.07, 6.45) is 3.32. The first-order valence-electron chi connectivity index (χ1n) is 5.71. The fraction of sp³-hybridized carbons (Fsp3) is 0. The Labute approximate surface area is 109 Å². The third kappa shape index (κ3) is 1.64. The lowest BCUT2D eigenvalue weighted by Crippen LogP contribution is -2.01. The predicted octanol–water partition coefficient (Wildman–Crippen LogP) is 2.77. The summed E-state index contributed by atoms with van der Waals surface area (Å²) in [6.45, 7) is 0. The van der Waals surface area contributed by atoms with Gasteiger partial charge in [-0.15, -0.1) is 0 Å². The molecule has 0 saturated heterocycles. The largest absolute Gasteiger partial charge is 0.306 e. The molecule has 2 heterocycles. The van der Waals surface area contributed by atoms with Gasteiger partial charge in [-0.25, -0.2) is 0 Å². The fourth-order valence-electron chi connectivity index (χ4n) is 2.14. The summed E-state index contributed by atoms with van der Waals surface area (Å²) >= 11 is 0. The Bertz CT molecular complexity index is 846. The van der Waals surface area contributed by atoms with Crippen LogP contribution in [-0.4, -0.2) is 9.55 Å². The van der Waals surface area contributed by atoms with E-state index in [1.54, 1.807) is 29.1 Å². The molecule has 0 aliphatic heterocycles. The van der Waals surface area contributed by atoms with E-state index in [4.69, 9.17) is 5.26 Å². The maximum atomic E-state index is 9.25. The van der Waals surface area contributed by atoms with E-state index in [1.807, 2.05) is 24.3 Å². The molecule has 0 spiro atoms. The number of para-hydroxylation sites is 1. The van der Waals surface area contributed by atoms with Gasteiger partial charge in [0.1, 0.15) is 17.8 Å². The number of fused-ring (bicyclic) bond motifs is 1. The first kappa shape index (κ1) is 11.0. The van der Waals surface area contributed by atoms with Crippen molar-refractivity contribution in [3.63, 3.8) is 0 Å². The molecule has 2 aromatic heterocycles. The number of hydrogen-bond donors (Lipinski definition) is 0. The Morgan fingerprint density at radius 3 is 2.63 bits per heavy atom. The number of pyridine rings is 1. The topological polar surface area (TPSA) is 65.4 Å². The van der Waals surface area contributed by atoms with E-state index in [2.05, 4.69) is 17.1 Å². The minimum absolute atomic E-state index is 0.450. The van der Waals surface area contributed by atoms with E-state index >= 15 is 0 Å². The third-order valence-electron chi connectivity index (χ3n) is 2.97. The molecule has 19 heavy (non-hydrogen) atoms. The summed E-state index contributed by atoms with van der Waals surface area (Å²) < 4.78 is 1.72. The van der Waals surface area contributed by atoms with E-state index in [1.165, 1.54) is 0 Å². The number of nitrogens with zero attached hydrogens (tertiary/aromatic N) is 4. The second-order valence-corrected chi connectivity index (χ2v) is 4.02. The van der Waals surface area contributed by atoms with E-state index in [9.17, 15) is 5.26 Å². The first-order valence-corrected chi connectivity index (χ1v) is 5.71. The molecule has 0 aliphatic carbocycles. The van der Waals surface area contributed by atoms with Crippen molar-refractivity contribution in [1.29, 1.82) is 10.5 Å². The molecule has 0 amide bonds. The van der Waals surface area contributed by atoms with Crippen LogP contribution < -0.4 is 0 Å². The van der Waals surface area contributed by atoms with E-state index in [0.29, 0.717) is 16.9 Å². The number of hydrogen-bond acceptors (Lipinski definition) is 3. The standard InChI is InChI=1S/C15H8N4/c16-8-11-10-18-14-6-2-1-5-13(14)15(11)19-7-3-4-12(19)9-17/h1-7,10H. The van der Waals surface area contributed by atoms with Crippen LogP contribution in [0.3, 0.4) is 0 Å². The van der Waals surface area contributed by atoms with Crippen LogP contribution in [0.1, 0.15) is 11.3 Å². The Morgan fingerprint density at radius 1 is 1.00 bits per heavy atom. The van der Waals surface area contributed by atoms with E-state index in [-0.39, 0.29) is 0 Å². The maximum Gasteiger partial charge on any atom is 0.124 e. The van der Waals surface area contributed by atoms with Gasteiger partial charge in [0.15, 0.2) is 0 Å². The molecule has 0 radical (unpaired) electrons. The van der Waals surface area contributed by atoms with Crippen LogP contribution in [0.15, 0.2) is 48.8 Å². The molecule has 0 fully saturated rings. The van der Waals surface area contributed by atoms with Crippen molar-refractivity contribution in [1.82, 2.24) is 9.55 Å².